The maximum absolute atomic E-state index is 14.2. The molecule has 1 aliphatic carbocycles. The number of aryl methyl sites for hydroxylation is 1. The van der Waals surface area contributed by atoms with Crippen LogP contribution in [-0.2, 0) is 10.3 Å². The molecule has 8 nitrogen and oxygen atoms in total. The Kier molecular flexibility index (Phi) is 7.05. The standard InChI is InChI=1S/C21H28F2N6O2/c1-13-18(10-29(28-13)21(3,4)12-24)26-20-25-9-17(23)19(27-20)30-11-15-5-7-16(8-6-15)31-14(2)22/h9-10,14-16H,5-8,11H2,1-4H3,(H,25,26,27). The summed E-state index contributed by atoms with van der Waals surface area (Å²) in [6.45, 7) is 6.99. The van der Waals surface area contributed by atoms with Gasteiger partial charge < -0.3 is 14.8 Å². The van der Waals surface area contributed by atoms with Crippen LogP contribution in [-0.4, -0.2) is 38.8 Å². The smallest absolute Gasteiger partial charge is 0.255 e. The van der Waals surface area contributed by atoms with Gasteiger partial charge in [0.2, 0.25) is 11.8 Å². The lowest BCUT2D eigenvalue weighted by molar-refractivity contribution is -0.0910. The van der Waals surface area contributed by atoms with Gasteiger partial charge in [-0.25, -0.2) is 9.37 Å². The summed E-state index contributed by atoms with van der Waals surface area (Å²) in [4.78, 5) is 8.11. The summed E-state index contributed by atoms with van der Waals surface area (Å²) in [6.07, 6.45) is 4.55. The van der Waals surface area contributed by atoms with Crippen LogP contribution in [0.3, 0.4) is 0 Å². The highest BCUT2D eigenvalue weighted by atomic mass is 19.1. The van der Waals surface area contributed by atoms with Gasteiger partial charge in [-0.1, -0.05) is 0 Å². The number of hydrogen-bond donors (Lipinski definition) is 1. The first-order valence-corrected chi connectivity index (χ1v) is 10.4. The van der Waals surface area contributed by atoms with Crippen LogP contribution < -0.4 is 10.1 Å². The van der Waals surface area contributed by atoms with Crippen molar-refractivity contribution in [3.63, 3.8) is 0 Å². The van der Waals surface area contributed by atoms with Crippen LogP contribution in [0, 0.1) is 30.0 Å². The lowest BCUT2D eigenvalue weighted by atomic mass is 9.88. The predicted molar refractivity (Wildman–Crippen MR) is 110 cm³/mol. The molecule has 1 atom stereocenters. The lowest BCUT2D eigenvalue weighted by Gasteiger charge is -2.28. The van der Waals surface area contributed by atoms with Gasteiger partial charge in [0.15, 0.2) is 6.36 Å². The fraction of sp³-hybridized carbons (Fsp3) is 0.619. The van der Waals surface area contributed by atoms with Gasteiger partial charge in [-0.15, -0.1) is 0 Å². The fourth-order valence-electron chi connectivity index (χ4n) is 3.45. The van der Waals surface area contributed by atoms with Crippen LogP contribution in [0.5, 0.6) is 5.88 Å². The monoisotopic (exact) mass is 434 g/mol. The number of nitrogens with one attached hydrogen (secondary N) is 1. The number of halogens is 2. The SMILES string of the molecule is Cc1nn(C(C)(C)C#N)cc1Nc1ncc(F)c(OCC2CCC(OC(C)F)CC2)n1. The maximum atomic E-state index is 14.2. The van der Waals surface area contributed by atoms with E-state index >= 15 is 0 Å². The van der Waals surface area contributed by atoms with E-state index in [1.807, 2.05) is 0 Å². The van der Waals surface area contributed by atoms with Crippen molar-refractivity contribution < 1.29 is 18.3 Å². The van der Waals surface area contributed by atoms with E-state index in [1.165, 1.54) is 6.92 Å². The van der Waals surface area contributed by atoms with E-state index in [4.69, 9.17) is 9.47 Å². The molecule has 0 saturated heterocycles. The molecule has 10 heteroatoms. The molecule has 0 radical (unpaired) electrons. The fourth-order valence-corrected chi connectivity index (χ4v) is 3.45. The third-order valence-corrected chi connectivity index (χ3v) is 5.33. The Bertz CT molecular complexity index is 932. The second-order valence-electron chi connectivity index (χ2n) is 8.35. The molecular formula is C21H28F2N6O2. The van der Waals surface area contributed by atoms with E-state index in [0.717, 1.165) is 31.9 Å². The van der Waals surface area contributed by atoms with Crippen LogP contribution in [0.15, 0.2) is 12.4 Å². The quantitative estimate of drug-likeness (QED) is 0.658. The van der Waals surface area contributed by atoms with Crippen molar-refractivity contribution >= 4 is 11.6 Å². The number of anilines is 2. The van der Waals surface area contributed by atoms with Gasteiger partial charge in [-0.2, -0.15) is 19.7 Å². The largest absolute Gasteiger partial charge is 0.475 e. The number of ether oxygens (including phenoxy) is 2. The summed E-state index contributed by atoms with van der Waals surface area (Å²) in [5.41, 5.74) is 0.455. The highest BCUT2D eigenvalue weighted by Gasteiger charge is 2.25. The topological polar surface area (TPSA) is 97.9 Å². The second-order valence-corrected chi connectivity index (χ2v) is 8.35. The summed E-state index contributed by atoms with van der Waals surface area (Å²) in [5.74, 6) is -0.375. The van der Waals surface area contributed by atoms with Gasteiger partial charge in [-0.3, -0.25) is 4.68 Å². The molecule has 1 saturated carbocycles. The molecule has 168 valence electrons. The van der Waals surface area contributed by atoms with Crippen molar-refractivity contribution in [2.24, 2.45) is 5.92 Å². The molecule has 3 rings (SSSR count). The van der Waals surface area contributed by atoms with Crippen LogP contribution >= 0.6 is 0 Å². The Hall–Kier alpha value is -2.80. The van der Waals surface area contributed by atoms with Gasteiger partial charge in [-0.05, 0) is 59.3 Å². The van der Waals surface area contributed by atoms with Gasteiger partial charge in [0.25, 0.3) is 5.88 Å². The zero-order valence-electron chi connectivity index (χ0n) is 18.2. The van der Waals surface area contributed by atoms with Crippen LogP contribution in [0.1, 0.15) is 52.1 Å². The Morgan fingerprint density at radius 1 is 1.35 bits per heavy atom. The third kappa shape index (κ3) is 5.88. The lowest BCUT2D eigenvalue weighted by Crippen LogP contribution is -2.26. The molecule has 0 amide bonds. The molecule has 1 unspecified atom stereocenters. The van der Waals surface area contributed by atoms with E-state index in [1.54, 1.807) is 31.6 Å². The molecule has 0 aromatic carbocycles. The molecule has 0 spiro atoms. The van der Waals surface area contributed by atoms with Gasteiger partial charge >= 0.3 is 0 Å². The van der Waals surface area contributed by atoms with Crippen molar-refractivity contribution in [1.82, 2.24) is 19.7 Å². The van der Waals surface area contributed by atoms with Crippen LogP contribution in [0.2, 0.25) is 0 Å². The first-order chi connectivity index (χ1) is 14.7. The summed E-state index contributed by atoms with van der Waals surface area (Å²) in [5, 5.41) is 16.6. The minimum atomic E-state index is -1.26. The van der Waals surface area contributed by atoms with Gasteiger partial charge in [0.05, 0.1) is 42.6 Å². The zero-order chi connectivity index (χ0) is 22.6. The van der Waals surface area contributed by atoms with E-state index in [0.29, 0.717) is 18.0 Å². The van der Waals surface area contributed by atoms with Crippen molar-refractivity contribution in [3.05, 3.63) is 23.9 Å². The molecule has 2 aromatic heterocycles. The molecule has 2 aromatic rings. The minimum Gasteiger partial charge on any atom is -0.475 e. The van der Waals surface area contributed by atoms with Crippen LogP contribution in [0.25, 0.3) is 0 Å². The molecule has 1 aliphatic rings. The Balaban J connectivity index is 1.61. The number of hydrogen-bond acceptors (Lipinski definition) is 7. The molecule has 1 N–H and O–H groups in total. The Morgan fingerprint density at radius 2 is 2.06 bits per heavy atom. The summed E-state index contributed by atoms with van der Waals surface area (Å²) in [7, 11) is 0. The summed E-state index contributed by atoms with van der Waals surface area (Å²) in [6, 6.07) is 2.18. The molecule has 0 bridgehead atoms. The average molecular weight is 434 g/mol. The molecule has 0 aliphatic heterocycles. The number of rotatable bonds is 8. The molecule has 2 heterocycles. The first-order valence-electron chi connectivity index (χ1n) is 10.4. The highest BCUT2D eigenvalue weighted by molar-refractivity contribution is 5.55. The second kappa shape index (κ2) is 9.56. The van der Waals surface area contributed by atoms with Crippen molar-refractivity contribution in [2.45, 2.75) is 71.4 Å². The molecule has 1 fully saturated rings. The van der Waals surface area contributed by atoms with Gasteiger partial charge in [0.1, 0.15) is 5.54 Å². The van der Waals surface area contributed by atoms with E-state index in [2.05, 4.69) is 26.5 Å². The van der Waals surface area contributed by atoms with Crippen molar-refractivity contribution in [2.75, 3.05) is 11.9 Å². The highest BCUT2D eigenvalue weighted by Crippen LogP contribution is 2.28. The zero-order valence-corrected chi connectivity index (χ0v) is 18.2. The molecular weight excluding hydrogens is 406 g/mol. The molecule has 31 heavy (non-hydrogen) atoms. The maximum Gasteiger partial charge on any atom is 0.255 e. The van der Waals surface area contributed by atoms with Crippen LogP contribution in [0.4, 0.5) is 20.4 Å². The number of aromatic nitrogens is 4. The number of nitriles is 1. The minimum absolute atomic E-state index is 0.0713. The van der Waals surface area contributed by atoms with E-state index in [9.17, 15) is 14.0 Å². The van der Waals surface area contributed by atoms with Crippen molar-refractivity contribution in [1.29, 1.82) is 5.26 Å². The first kappa shape index (κ1) is 22.9. The Morgan fingerprint density at radius 3 is 2.71 bits per heavy atom. The summed E-state index contributed by atoms with van der Waals surface area (Å²) < 4.78 is 39.5. The summed E-state index contributed by atoms with van der Waals surface area (Å²) >= 11 is 0. The van der Waals surface area contributed by atoms with E-state index < -0.39 is 17.7 Å². The Labute approximate surface area is 180 Å². The predicted octanol–water partition coefficient (Wildman–Crippen LogP) is 4.39. The number of nitrogens with zero attached hydrogens (tertiary/aromatic N) is 5. The number of alkyl halides is 1. The normalized spacial score (nSPS) is 20.2. The van der Waals surface area contributed by atoms with Crippen molar-refractivity contribution in [3.8, 4) is 11.9 Å². The van der Waals surface area contributed by atoms with E-state index in [-0.39, 0.29) is 23.9 Å². The average Bonchev–Trinajstić information content (AvgIpc) is 3.10. The third-order valence-electron chi connectivity index (χ3n) is 5.33. The van der Waals surface area contributed by atoms with Gasteiger partial charge in [0, 0.05) is 0 Å².